The van der Waals surface area contributed by atoms with E-state index in [2.05, 4.69) is 27.0 Å². The van der Waals surface area contributed by atoms with E-state index in [0.717, 1.165) is 0 Å². The molecule has 4 nitrogen and oxygen atoms in total. The Morgan fingerprint density at radius 2 is 0.895 bits per heavy atom. The molecular formula is C14H28CaO4+2. The van der Waals surface area contributed by atoms with Crippen molar-refractivity contribution in [1.82, 2.24) is 0 Å². The van der Waals surface area contributed by atoms with Gasteiger partial charge in [-0.05, 0) is 13.8 Å². The summed E-state index contributed by atoms with van der Waals surface area (Å²) in [6.07, 6.45) is 3.00. The van der Waals surface area contributed by atoms with E-state index in [4.69, 9.17) is 18.9 Å². The van der Waals surface area contributed by atoms with Crippen molar-refractivity contribution in [3.63, 3.8) is 0 Å². The van der Waals surface area contributed by atoms with E-state index >= 15 is 0 Å². The third-order valence-electron chi connectivity index (χ3n) is 1.24. The van der Waals surface area contributed by atoms with Crippen LogP contribution in [0.1, 0.15) is 0 Å². The van der Waals surface area contributed by atoms with Gasteiger partial charge in [0.2, 0.25) is 0 Å². The zero-order chi connectivity index (χ0) is 14.5. The minimum absolute atomic E-state index is 0. The molecule has 0 saturated heterocycles. The van der Waals surface area contributed by atoms with E-state index < -0.39 is 0 Å². The van der Waals surface area contributed by atoms with Crippen molar-refractivity contribution in [2.75, 3.05) is 53.9 Å². The fraction of sp³-hybridized carbons (Fsp3) is 0.571. The second-order valence-corrected chi connectivity index (χ2v) is 2.79. The van der Waals surface area contributed by atoms with Crippen LogP contribution in [0.2, 0.25) is 0 Å². The van der Waals surface area contributed by atoms with Crippen LogP contribution in [0.5, 0.6) is 0 Å². The van der Waals surface area contributed by atoms with Gasteiger partial charge in [0.05, 0.1) is 39.6 Å². The van der Waals surface area contributed by atoms with Gasteiger partial charge in [0.25, 0.3) is 0 Å². The average molecular weight is 300 g/mol. The van der Waals surface area contributed by atoms with Gasteiger partial charge in [-0.25, -0.2) is 0 Å². The summed E-state index contributed by atoms with van der Waals surface area (Å²) in [6.45, 7) is 16.8. The third kappa shape index (κ3) is 55.7. The summed E-state index contributed by atoms with van der Waals surface area (Å²) in [7, 11) is 3.30. The molecule has 5 heteroatoms. The topological polar surface area (TPSA) is 36.9 Å². The summed E-state index contributed by atoms with van der Waals surface area (Å²) in [5.41, 5.74) is 0. The maximum absolute atomic E-state index is 5.16. The van der Waals surface area contributed by atoms with Crippen molar-refractivity contribution in [1.29, 1.82) is 0 Å². The Kier molecular flexibility index (Phi) is 53.2. The largest absolute Gasteiger partial charge is 2.00 e. The van der Waals surface area contributed by atoms with Gasteiger partial charge < -0.3 is 18.9 Å². The number of allylic oxidation sites excluding steroid dienone is 2. The van der Waals surface area contributed by atoms with Gasteiger partial charge in [-0.15, -0.1) is 13.2 Å². The summed E-state index contributed by atoms with van der Waals surface area (Å²) >= 11 is 0. The summed E-state index contributed by atoms with van der Waals surface area (Å²) in [5, 5.41) is 0. The van der Waals surface area contributed by atoms with Crippen LogP contribution in [0.25, 0.3) is 0 Å². The Labute approximate surface area is 149 Å². The molecular weight excluding hydrogens is 272 g/mol. The second kappa shape index (κ2) is 36.3. The number of methoxy groups -OCH3 is 2. The molecule has 19 heavy (non-hydrogen) atoms. The molecule has 0 aliphatic carbocycles. The second-order valence-electron chi connectivity index (χ2n) is 2.79. The molecule has 0 bridgehead atoms. The average Bonchev–Trinajstić information content (AvgIpc) is 2.35. The zero-order valence-electron chi connectivity index (χ0n) is 12.6. The van der Waals surface area contributed by atoms with Crippen LogP contribution in [0.3, 0.4) is 0 Å². The third-order valence-corrected chi connectivity index (χ3v) is 1.24. The molecule has 0 aliphatic heterocycles. The van der Waals surface area contributed by atoms with Crippen molar-refractivity contribution in [2.45, 2.75) is 0 Å². The predicted molar refractivity (Wildman–Crippen MR) is 82.3 cm³/mol. The fourth-order valence-corrected chi connectivity index (χ4v) is 0.606. The molecule has 0 N–H and O–H groups in total. The maximum Gasteiger partial charge on any atom is 2.00 e. The normalized spacial score (nSPS) is 8.00. The van der Waals surface area contributed by atoms with E-state index in [9.17, 15) is 0 Å². The molecule has 0 aromatic carbocycles. The van der Waals surface area contributed by atoms with Gasteiger partial charge in [0.1, 0.15) is 0 Å². The van der Waals surface area contributed by atoms with Gasteiger partial charge in [-0.2, -0.15) is 0 Å². The monoisotopic (exact) mass is 300 g/mol. The van der Waals surface area contributed by atoms with Crippen LogP contribution in [0, 0.1) is 13.8 Å². The summed E-state index contributed by atoms with van der Waals surface area (Å²) in [6, 6.07) is 0. The first-order chi connectivity index (χ1) is 8.74. The van der Waals surface area contributed by atoms with E-state index in [0.29, 0.717) is 39.6 Å². The van der Waals surface area contributed by atoms with Gasteiger partial charge >= 0.3 is 37.7 Å². The zero-order valence-corrected chi connectivity index (χ0v) is 14.8. The molecule has 0 atom stereocenters. The molecule has 0 heterocycles. The Morgan fingerprint density at radius 3 is 1.11 bits per heavy atom. The van der Waals surface area contributed by atoms with E-state index in [1.165, 1.54) is 12.2 Å². The maximum atomic E-state index is 5.16. The van der Waals surface area contributed by atoms with Crippen molar-refractivity contribution in [3.05, 3.63) is 39.2 Å². The van der Waals surface area contributed by atoms with Crippen LogP contribution in [0.4, 0.5) is 0 Å². The summed E-state index contributed by atoms with van der Waals surface area (Å²) in [4.78, 5) is 0. The van der Waals surface area contributed by atoms with Crippen LogP contribution >= 0.6 is 0 Å². The minimum Gasteiger partial charge on any atom is -0.382 e. The number of hydrogen-bond acceptors (Lipinski definition) is 4. The van der Waals surface area contributed by atoms with Crippen molar-refractivity contribution >= 4 is 37.7 Å². The SMILES string of the molecule is COCCOCCOCCOC.[CH2]C=C.[CH2]C=C.[Ca+2]. The van der Waals surface area contributed by atoms with E-state index in [1.54, 1.807) is 14.2 Å². The van der Waals surface area contributed by atoms with E-state index in [1.807, 2.05) is 0 Å². The first kappa shape index (κ1) is 27.8. The summed E-state index contributed by atoms with van der Waals surface area (Å²) in [5.74, 6) is 0. The molecule has 0 aliphatic rings. The molecule has 108 valence electrons. The number of rotatable bonds is 9. The molecule has 0 unspecified atom stereocenters. The van der Waals surface area contributed by atoms with Gasteiger partial charge in [-0.3, -0.25) is 0 Å². The van der Waals surface area contributed by atoms with Gasteiger partial charge in [0.15, 0.2) is 0 Å². The van der Waals surface area contributed by atoms with Crippen LogP contribution in [-0.4, -0.2) is 91.6 Å². The fourth-order valence-electron chi connectivity index (χ4n) is 0.606. The summed E-state index contributed by atoms with van der Waals surface area (Å²) < 4.78 is 19.9. The molecule has 0 spiro atoms. The number of ether oxygens (including phenoxy) is 4. The predicted octanol–water partition coefficient (Wildman–Crippen LogP) is 1.94. The van der Waals surface area contributed by atoms with Gasteiger partial charge in [0, 0.05) is 14.2 Å². The first-order valence-electron chi connectivity index (χ1n) is 5.68. The Balaban J connectivity index is -0.000000137. The Morgan fingerprint density at radius 1 is 0.684 bits per heavy atom. The quantitative estimate of drug-likeness (QED) is 0.482. The van der Waals surface area contributed by atoms with Crippen LogP contribution < -0.4 is 0 Å². The molecule has 0 rings (SSSR count). The smallest absolute Gasteiger partial charge is 0.382 e. The minimum atomic E-state index is 0. The molecule has 2 radical (unpaired) electrons. The first-order valence-corrected chi connectivity index (χ1v) is 5.68. The number of hydrogen-bond donors (Lipinski definition) is 0. The Bertz CT molecular complexity index is 127. The van der Waals surface area contributed by atoms with Crippen molar-refractivity contribution in [3.8, 4) is 0 Å². The van der Waals surface area contributed by atoms with Crippen LogP contribution in [-0.2, 0) is 18.9 Å². The molecule has 0 fully saturated rings. The van der Waals surface area contributed by atoms with Crippen molar-refractivity contribution < 1.29 is 18.9 Å². The standard InChI is InChI=1S/C8H18O4.2C3H5.Ca/c1-9-3-5-11-7-8-12-6-4-10-2;2*1-3-2;/h3-8H2,1-2H3;2*3H,1-2H2;/q;;;+2. The van der Waals surface area contributed by atoms with E-state index in [-0.39, 0.29) is 37.7 Å². The molecule has 0 aromatic heterocycles. The van der Waals surface area contributed by atoms with Gasteiger partial charge in [-0.1, -0.05) is 12.2 Å². The van der Waals surface area contributed by atoms with Crippen molar-refractivity contribution in [2.24, 2.45) is 0 Å². The molecule has 0 aromatic rings. The van der Waals surface area contributed by atoms with Crippen LogP contribution in [0.15, 0.2) is 25.3 Å². The Hall–Kier alpha value is 0.580. The molecule has 0 amide bonds. The molecule has 0 saturated carbocycles.